The van der Waals surface area contributed by atoms with Gasteiger partial charge in [0.1, 0.15) is 23.2 Å². The number of rotatable bonds is 7. The summed E-state index contributed by atoms with van der Waals surface area (Å²) in [5.41, 5.74) is -1.40. The molecule has 2 aromatic heterocycles. The fourth-order valence-corrected chi connectivity index (χ4v) is 7.11. The summed E-state index contributed by atoms with van der Waals surface area (Å²) in [6, 6.07) is 10.1. The van der Waals surface area contributed by atoms with Crippen molar-refractivity contribution in [2.75, 3.05) is 23.1 Å². The highest BCUT2D eigenvalue weighted by Crippen LogP contribution is 2.34. The molecule has 15 heteroatoms. The first-order valence-corrected chi connectivity index (χ1v) is 16.0. The molecular weight excluding hydrogens is 697 g/mol. The number of aryl methyl sites for hydroxylation is 1. The van der Waals surface area contributed by atoms with E-state index in [0.717, 1.165) is 8.87 Å². The van der Waals surface area contributed by atoms with Crippen LogP contribution >= 0.6 is 22.6 Å². The first-order chi connectivity index (χ1) is 20.4. The number of fused-ring (bicyclic) bond motifs is 1. The van der Waals surface area contributed by atoms with Crippen LogP contribution in [0.2, 0.25) is 0 Å². The zero-order valence-electron chi connectivity index (χ0n) is 23.1. The molecule has 2 aromatic carbocycles. The molecule has 0 radical (unpaired) electrons. The Balaban J connectivity index is 1.59. The molecule has 3 heterocycles. The zero-order valence-corrected chi connectivity index (χ0v) is 26.1. The Bertz CT molecular complexity index is 2090. The highest BCUT2D eigenvalue weighted by Gasteiger charge is 2.33. The standard InChI is InChI=1S/C28H27F2IN6O5S/c1-15-24-23(25(34(2)26(15)38)32-22-9-6-17(31)12-21(22)30)27(39)37(19-7-8-19)28(40)36(24)20-5-3-4-18(13-20)33-43(41,42)35-11-10-16(29)14-35/h3-6,9,12-13,16,19,32-33H,7-8,10-11,14H2,1-2H3/t16-/m1/s1. The van der Waals surface area contributed by atoms with E-state index in [-0.39, 0.29) is 64.9 Å². The molecular formula is C28H27F2IN6O5S. The van der Waals surface area contributed by atoms with Gasteiger partial charge in [0.05, 0.1) is 22.6 Å². The lowest BCUT2D eigenvalue weighted by Gasteiger charge is -2.21. The number of anilines is 3. The molecule has 0 bridgehead atoms. The van der Waals surface area contributed by atoms with Gasteiger partial charge in [-0.2, -0.15) is 12.7 Å². The largest absolute Gasteiger partial charge is 0.338 e. The van der Waals surface area contributed by atoms with Crippen molar-refractivity contribution in [3.8, 4) is 5.69 Å². The lowest BCUT2D eigenvalue weighted by atomic mass is 10.1. The van der Waals surface area contributed by atoms with Crippen LogP contribution in [0.5, 0.6) is 0 Å². The minimum Gasteiger partial charge on any atom is -0.338 e. The summed E-state index contributed by atoms with van der Waals surface area (Å²) in [6.45, 7) is 1.26. The average molecular weight is 725 g/mol. The van der Waals surface area contributed by atoms with Gasteiger partial charge in [-0.1, -0.05) is 6.07 Å². The maximum absolute atomic E-state index is 14.9. The molecule has 0 unspecified atom stereocenters. The quantitative estimate of drug-likeness (QED) is 0.280. The average Bonchev–Trinajstić information content (AvgIpc) is 3.68. The van der Waals surface area contributed by atoms with Crippen LogP contribution in [0.1, 0.15) is 30.9 Å². The summed E-state index contributed by atoms with van der Waals surface area (Å²) in [5, 5.41) is 2.91. The van der Waals surface area contributed by atoms with Gasteiger partial charge in [-0.15, -0.1) is 0 Å². The second-order valence-corrected chi connectivity index (χ2v) is 13.7. The predicted octanol–water partition coefficient (Wildman–Crippen LogP) is 3.68. The molecule has 1 atom stereocenters. The van der Waals surface area contributed by atoms with Crippen molar-refractivity contribution in [1.29, 1.82) is 0 Å². The van der Waals surface area contributed by atoms with E-state index in [0.29, 0.717) is 16.4 Å². The Hall–Kier alpha value is -3.57. The number of halogens is 3. The summed E-state index contributed by atoms with van der Waals surface area (Å²) in [6.07, 6.45) is 0.0515. The fraction of sp³-hybridized carbons (Fsp3) is 0.321. The van der Waals surface area contributed by atoms with E-state index in [2.05, 4.69) is 10.0 Å². The van der Waals surface area contributed by atoms with Crippen LogP contribution in [0.4, 0.5) is 26.0 Å². The van der Waals surface area contributed by atoms with Crippen molar-refractivity contribution in [3.63, 3.8) is 0 Å². The van der Waals surface area contributed by atoms with Crippen LogP contribution in [-0.2, 0) is 17.3 Å². The van der Waals surface area contributed by atoms with Gasteiger partial charge in [-0.05, 0) is 85.2 Å². The minimum absolute atomic E-state index is 0.00101. The van der Waals surface area contributed by atoms with Gasteiger partial charge in [0.25, 0.3) is 11.1 Å². The number of alkyl halides is 1. The molecule has 1 saturated heterocycles. The van der Waals surface area contributed by atoms with Crippen molar-refractivity contribution in [2.24, 2.45) is 7.05 Å². The van der Waals surface area contributed by atoms with Crippen LogP contribution < -0.4 is 26.8 Å². The third-order valence-electron chi connectivity index (χ3n) is 7.72. The van der Waals surface area contributed by atoms with Crippen molar-refractivity contribution in [2.45, 2.75) is 38.4 Å². The van der Waals surface area contributed by atoms with E-state index >= 15 is 0 Å². The molecule has 1 aliphatic heterocycles. The van der Waals surface area contributed by atoms with Crippen molar-refractivity contribution >= 4 is 60.9 Å². The first-order valence-electron chi connectivity index (χ1n) is 13.5. The molecule has 4 aromatic rings. The monoisotopic (exact) mass is 724 g/mol. The lowest BCUT2D eigenvalue weighted by molar-refractivity contribution is 0.343. The molecule has 6 rings (SSSR count). The minimum atomic E-state index is -4.08. The number of benzene rings is 2. The van der Waals surface area contributed by atoms with E-state index < -0.39 is 39.0 Å². The van der Waals surface area contributed by atoms with Crippen molar-refractivity contribution in [1.82, 2.24) is 18.0 Å². The molecule has 43 heavy (non-hydrogen) atoms. The predicted molar refractivity (Wildman–Crippen MR) is 168 cm³/mol. The first kappa shape index (κ1) is 29.5. The second-order valence-electron chi connectivity index (χ2n) is 10.7. The van der Waals surface area contributed by atoms with Crippen LogP contribution in [-0.4, -0.2) is 45.7 Å². The summed E-state index contributed by atoms with van der Waals surface area (Å²) in [7, 11) is -2.63. The Morgan fingerprint density at radius 1 is 1.02 bits per heavy atom. The molecule has 1 saturated carbocycles. The highest BCUT2D eigenvalue weighted by molar-refractivity contribution is 14.1. The van der Waals surface area contributed by atoms with Gasteiger partial charge in [-0.25, -0.2) is 13.6 Å². The topological polar surface area (TPSA) is 127 Å². The van der Waals surface area contributed by atoms with E-state index in [4.69, 9.17) is 0 Å². The van der Waals surface area contributed by atoms with Crippen LogP contribution in [0.25, 0.3) is 16.6 Å². The number of aromatic nitrogens is 3. The Morgan fingerprint density at radius 3 is 2.42 bits per heavy atom. The van der Waals surface area contributed by atoms with Crippen LogP contribution in [0, 0.1) is 16.3 Å². The maximum atomic E-state index is 14.9. The van der Waals surface area contributed by atoms with Gasteiger partial charge in [0.15, 0.2) is 0 Å². The Morgan fingerprint density at radius 2 is 1.77 bits per heavy atom. The third kappa shape index (κ3) is 5.26. The van der Waals surface area contributed by atoms with Crippen LogP contribution in [0.3, 0.4) is 0 Å². The molecule has 226 valence electrons. The van der Waals surface area contributed by atoms with Gasteiger partial charge < -0.3 is 5.32 Å². The normalized spacial score (nSPS) is 17.5. The van der Waals surface area contributed by atoms with E-state index in [1.807, 2.05) is 22.6 Å². The van der Waals surface area contributed by atoms with Gasteiger partial charge in [0, 0.05) is 35.3 Å². The smallest absolute Gasteiger partial charge is 0.336 e. The van der Waals surface area contributed by atoms with E-state index in [9.17, 15) is 31.6 Å². The highest BCUT2D eigenvalue weighted by atomic mass is 127. The fourth-order valence-electron chi connectivity index (χ4n) is 5.40. The summed E-state index contributed by atoms with van der Waals surface area (Å²) in [5.74, 6) is -0.591. The number of pyridine rings is 1. The van der Waals surface area contributed by atoms with Gasteiger partial charge in [0.2, 0.25) is 0 Å². The lowest BCUT2D eigenvalue weighted by Crippen LogP contribution is -2.41. The molecule has 2 N–H and O–H groups in total. The van der Waals surface area contributed by atoms with Crippen molar-refractivity contribution in [3.05, 3.63) is 88.6 Å². The van der Waals surface area contributed by atoms with Gasteiger partial charge >= 0.3 is 15.9 Å². The van der Waals surface area contributed by atoms with E-state index in [1.54, 1.807) is 12.1 Å². The third-order valence-corrected chi connectivity index (χ3v) is 9.90. The maximum Gasteiger partial charge on any atom is 0.336 e. The van der Waals surface area contributed by atoms with Gasteiger partial charge in [-0.3, -0.25) is 28.0 Å². The number of nitrogens with one attached hydrogen (secondary N) is 2. The molecule has 2 aliphatic rings. The van der Waals surface area contributed by atoms with Crippen LogP contribution in [0.15, 0.2) is 56.8 Å². The molecule has 0 spiro atoms. The molecule has 0 amide bonds. The second kappa shape index (κ2) is 10.9. The van der Waals surface area contributed by atoms with Crippen molar-refractivity contribution < 1.29 is 17.2 Å². The Kier molecular flexibility index (Phi) is 7.45. The number of nitrogens with zero attached hydrogens (tertiary/aromatic N) is 4. The Labute approximate surface area is 258 Å². The zero-order chi connectivity index (χ0) is 30.8. The number of hydrogen-bond donors (Lipinski definition) is 2. The molecule has 11 nitrogen and oxygen atoms in total. The molecule has 1 aliphatic carbocycles. The number of hydrogen-bond acceptors (Lipinski definition) is 6. The summed E-state index contributed by atoms with van der Waals surface area (Å²) < 4.78 is 62.1. The summed E-state index contributed by atoms with van der Waals surface area (Å²) in [4.78, 5) is 41.4. The van der Waals surface area contributed by atoms with E-state index in [1.165, 1.54) is 53.4 Å². The SMILES string of the molecule is Cc1c(=O)n(C)c(Nc2ccc(I)cc2F)c2c(=O)n(C3CC3)c(=O)n(-c3cccc(NS(=O)(=O)N4CC[C@@H](F)C4)c3)c12. The summed E-state index contributed by atoms with van der Waals surface area (Å²) >= 11 is 1.97. The molecule has 2 fully saturated rings.